The molecule has 0 saturated carbocycles. The van der Waals surface area contributed by atoms with Gasteiger partial charge in [0.15, 0.2) is 6.10 Å². The Morgan fingerprint density at radius 3 is 0.803 bits per heavy atom. The summed E-state index contributed by atoms with van der Waals surface area (Å²) in [5, 5.41) is 0. The Morgan fingerprint density at radius 1 is 0.276 bits per heavy atom. The zero-order valence-electron chi connectivity index (χ0n) is 50.5. The lowest BCUT2D eigenvalue weighted by molar-refractivity contribution is -0.167. The van der Waals surface area contributed by atoms with Crippen LogP contribution in [0.1, 0.15) is 335 Å². The minimum atomic E-state index is -0.767. The Kier molecular flexibility index (Phi) is 61.7. The van der Waals surface area contributed by atoms with Crippen LogP contribution in [0, 0.1) is 0 Å². The molecule has 0 heterocycles. The fraction of sp³-hybridized carbons (Fsp3) is 0.786. The highest BCUT2D eigenvalue weighted by Gasteiger charge is 2.19. The van der Waals surface area contributed by atoms with Crippen molar-refractivity contribution in [3.05, 3.63) is 72.9 Å². The van der Waals surface area contributed by atoms with Gasteiger partial charge >= 0.3 is 17.9 Å². The molecule has 0 rings (SSSR count). The van der Waals surface area contributed by atoms with Gasteiger partial charge in [-0.25, -0.2) is 0 Å². The van der Waals surface area contributed by atoms with Crippen LogP contribution in [-0.2, 0) is 28.6 Å². The first kappa shape index (κ1) is 72.8. The normalized spacial score (nSPS) is 12.5. The van der Waals surface area contributed by atoms with Gasteiger partial charge in [0.2, 0.25) is 0 Å². The molecule has 0 aromatic rings. The number of carbonyl (C=O) groups is 3. The summed E-state index contributed by atoms with van der Waals surface area (Å²) in [4.78, 5) is 38.0. The summed E-state index contributed by atoms with van der Waals surface area (Å²) in [6.07, 6.45) is 83.9. The van der Waals surface area contributed by atoms with Crippen molar-refractivity contribution in [3.63, 3.8) is 0 Å². The molecule has 1 atom stereocenters. The van der Waals surface area contributed by atoms with Crippen LogP contribution in [0.4, 0.5) is 0 Å². The van der Waals surface area contributed by atoms with Crippen molar-refractivity contribution in [2.24, 2.45) is 0 Å². The van der Waals surface area contributed by atoms with Crippen molar-refractivity contribution in [2.45, 2.75) is 341 Å². The van der Waals surface area contributed by atoms with Crippen LogP contribution in [0.15, 0.2) is 72.9 Å². The van der Waals surface area contributed by atoms with Gasteiger partial charge in [0, 0.05) is 19.3 Å². The molecule has 76 heavy (non-hydrogen) atoms. The maximum absolute atomic E-state index is 12.8. The van der Waals surface area contributed by atoms with E-state index in [1.807, 2.05) is 0 Å². The van der Waals surface area contributed by atoms with E-state index in [4.69, 9.17) is 14.2 Å². The Morgan fingerprint density at radius 2 is 0.513 bits per heavy atom. The molecule has 1 unspecified atom stereocenters. The molecule has 0 aliphatic carbocycles. The molecular weight excluding hydrogens is 937 g/mol. The van der Waals surface area contributed by atoms with Crippen molar-refractivity contribution in [3.8, 4) is 0 Å². The summed E-state index contributed by atoms with van der Waals surface area (Å²) in [7, 11) is 0. The lowest BCUT2D eigenvalue weighted by atomic mass is 10.0. The first-order valence-corrected chi connectivity index (χ1v) is 32.9. The number of unbranched alkanes of at least 4 members (excludes halogenated alkanes) is 37. The fourth-order valence-electron chi connectivity index (χ4n) is 9.57. The predicted molar refractivity (Wildman–Crippen MR) is 330 cm³/mol. The van der Waals surface area contributed by atoms with E-state index >= 15 is 0 Å². The predicted octanol–water partition coefficient (Wildman–Crippen LogP) is 22.5. The van der Waals surface area contributed by atoms with E-state index in [2.05, 4.69) is 93.7 Å². The molecule has 0 amide bonds. The van der Waals surface area contributed by atoms with E-state index in [0.29, 0.717) is 19.3 Å². The van der Waals surface area contributed by atoms with Crippen LogP contribution in [0.5, 0.6) is 0 Å². The first-order chi connectivity index (χ1) is 37.5. The van der Waals surface area contributed by atoms with E-state index in [1.165, 1.54) is 199 Å². The second-order valence-corrected chi connectivity index (χ2v) is 22.0. The average molecular weight is 1060 g/mol. The third kappa shape index (κ3) is 61.7. The maximum Gasteiger partial charge on any atom is 0.306 e. The lowest BCUT2D eigenvalue weighted by Gasteiger charge is -2.18. The molecule has 0 fully saturated rings. The lowest BCUT2D eigenvalue weighted by Crippen LogP contribution is -2.30. The van der Waals surface area contributed by atoms with E-state index in [-0.39, 0.29) is 31.1 Å². The summed E-state index contributed by atoms with van der Waals surface area (Å²) < 4.78 is 16.8. The minimum absolute atomic E-state index is 0.0692. The van der Waals surface area contributed by atoms with Crippen molar-refractivity contribution >= 4 is 17.9 Å². The molecule has 0 saturated heterocycles. The standard InChI is InChI=1S/C70H124O6/c1-4-7-10-13-16-18-20-22-24-26-27-28-29-30-31-32-33-34-35-36-37-38-39-40-41-42-43-45-46-48-50-52-54-57-60-63-69(72)75-66-67(65-74-68(71)62-59-56-15-12-9-6-3)76-70(73)64-61-58-55-53-51-49-47-44-25-23-21-19-17-14-11-8-5-2/h7,10,16,18,22,24,27-28,30-31,33-34,67H,4-6,8-9,11-15,17,19-21,23,25-26,29,32,35-66H2,1-3H3/b10-7-,18-16-,24-22-,28-27-,31-30-,34-33-. The van der Waals surface area contributed by atoms with Gasteiger partial charge < -0.3 is 14.2 Å². The van der Waals surface area contributed by atoms with Crippen LogP contribution in [-0.4, -0.2) is 37.2 Å². The smallest absolute Gasteiger partial charge is 0.306 e. The van der Waals surface area contributed by atoms with Gasteiger partial charge in [-0.1, -0.05) is 318 Å². The minimum Gasteiger partial charge on any atom is -0.462 e. The van der Waals surface area contributed by atoms with Gasteiger partial charge in [-0.3, -0.25) is 14.4 Å². The number of carbonyl (C=O) groups excluding carboxylic acids is 3. The number of hydrogen-bond acceptors (Lipinski definition) is 6. The first-order valence-electron chi connectivity index (χ1n) is 32.9. The van der Waals surface area contributed by atoms with Crippen molar-refractivity contribution in [2.75, 3.05) is 13.2 Å². The van der Waals surface area contributed by atoms with Crippen molar-refractivity contribution in [1.29, 1.82) is 0 Å². The molecule has 0 N–H and O–H groups in total. The Balaban J connectivity index is 3.96. The van der Waals surface area contributed by atoms with Crippen LogP contribution in [0.3, 0.4) is 0 Å². The molecule has 0 radical (unpaired) electrons. The van der Waals surface area contributed by atoms with Gasteiger partial charge in [0.25, 0.3) is 0 Å². The highest BCUT2D eigenvalue weighted by molar-refractivity contribution is 5.71. The fourth-order valence-corrected chi connectivity index (χ4v) is 9.57. The molecule has 440 valence electrons. The highest BCUT2D eigenvalue weighted by Crippen LogP contribution is 2.17. The number of hydrogen-bond donors (Lipinski definition) is 0. The Hall–Kier alpha value is -3.15. The van der Waals surface area contributed by atoms with Crippen LogP contribution in [0.2, 0.25) is 0 Å². The van der Waals surface area contributed by atoms with Crippen LogP contribution < -0.4 is 0 Å². The van der Waals surface area contributed by atoms with E-state index in [0.717, 1.165) is 96.3 Å². The van der Waals surface area contributed by atoms with E-state index in [1.54, 1.807) is 0 Å². The van der Waals surface area contributed by atoms with Gasteiger partial charge in [-0.15, -0.1) is 0 Å². The van der Waals surface area contributed by atoms with Gasteiger partial charge in [0.05, 0.1) is 0 Å². The number of ether oxygens (including phenoxy) is 3. The number of rotatable bonds is 60. The third-order valence-corrected chi connectivity index (χ3v) is 14.5. The van der Waals surface area contributed by atoms with Gasteiger partial charge in [-0.05, 0) is 70.6 Å². The van der Waals surface area contributed by atoms with Crippen molar-refractivity contribution in [1.82, 2.24) is 0 Å². The summed E-state index contributed by atoms with van der Waals surface area (Å²) in [5.41, 5.74) is 0. The zero-order valence-corrected chi connectivity index (χ0v) is 50.5. The molecule has 6 nitrogen and oxygen atoms in total. The molecule has 0 spiro atoms. The number of esters is 3. The average Bonchev–Trinajstić information content (AvgIpc) is 3.42. The summed E-state index contributed by atoms with van der Waals surface area (Å²) in [6, 6.07) is 0. The zero-order chi connectivity index (χ0) is 55.0. The molecule has 0 aromatic carbocycles. The topological polar surface area (TPSA) is 78.9 Å². The molecule has 0 bridgehead atoms. The molecule has 0 aromatic heterocycles. The van der Waals surface area contributed by atoms with Gasteiger partial charge in [-0.2, -0.15) is 0 Å². The third-order valence-electron chi connectivity index (χ3n) is 14.5. The van der Waals surface area contributed by atoms with E-state index in [9.17, 15) is 14.4 Å². The quantitative estimate of drug-likeness (QED) is 0.0261. The summed E-state index contributed by atoms with van der Waals surface area (Å²) >= 11 is 0. The van der Waals surface area contributed by atoms with Crippen LogP contribution in [0.25, 0.3) is 0 Å². The summed E-state index contributed by atoms with van der Waals surface area (Å²) in [6.45, 7) is 6.51. The Bertz CT molecular complexity index is 1400. The Labute approximate surface area is 472 Å². The highest BCUT2D eigenvalue weighted by atomic mass is 16.6. The van der Waals surface area contributed by atoms with E-state index < -0.39 is 6.10 Å². The van der Waals surface area contributed by atoms with Crippen molar-refractivity contribution < 1.29 is 28.6 Å². The molecule has 0 aliphatic rings. The van der Waals surface area contributed by atoms with Crippen LogP contribution >= 0.6 is 0 Å². The number of allylic oxidation sites excluding steroid dienone is 12. The second kappa shape index (κ2) is 64.4. The largest absolute Gasteiger partial charge is 0.462 e. The molecule has 0 aliphatic heterocycles. The molecule has 6 heteroatoms. The maximum atomic E-state index is 12.8. The second-order valence-electron chi connectivity index (χ2n) is 22.0. The molecular formula is C70H124O6. The summed E-state index contributed by atoms with van der Waals surface area (Å²) in [5.74, 6) is -0.861. The SMILES string of the molecule is CC/C=C\C/C=C\C/C=C\C/C=C\C/C=C\C/C=C\CCCCCCCCCCCCCCCCCCC(=O)OCC(COC(=O)CCCCCCCC)OC(=O)CCCCCCCCCCCCCCCCCCC. The monoisotopic (exact) mass is 1060 g/mol. The van der Waals surface area contributed by atoms with Gasteiger partial charge in [0.1, 0.15) is 13.2 Å².